The van der Waals surface area contributed by atoms with Crippen LogP contribution >= 0.6 is 11.8 Å². The number of thioether (sulfide) groups is 1. The minimum atomic E-state index is -4.38. The highest BCUT2D eigenvalue weighted by atomic mass is 32.2. The molecule has 0 unspecified atom stereocenters. The molecule has 140 valence electrons. The normalized spacial score (nSPS) is 11.4. The fraction of sp³-hybridized carbons (Fsp3) is 0.150. The summed E-state index contributed by atoms with van der Waals surface area (Å²) >= 11 is 1.58. The van der Waals surface area contributed by atoms with E-state index < -0.39 is 11.7 Å². The lowest BCUT2D eigenvalue weighted by Crippen LogP contribution is -2.17. The van der Waals surface area contributed by atoms with Crippen molar-refractivity contribution in [3.05, 3.63) is 65.7 Å². The van der Waals surface area contributed by atoms with Gasteiger partial charge in [0.05, 0.1) is 16.8 Å². The molecule has 0 saturated carbocycles. The van der Waals surface area contributed by atoms with Gasteiger partial charge in [0.15, 0.2) is 0 Å². The number of aromatic nitrogens is 1. The molecule has 3 aromatic rings. The average molecular weight is 390 g/mol. The zero-order chi connectivity index (χ0) is 19.6. The van der Waals surface area contributed by atoms with Gasteiger partial charge in [0.2, 0.25) is 0 Å². The summed E-state index contributed by atoms with van der Waals surface area (Å²) in [7, 11) is 1.54. The van der Waals surface area contributed by atoms with Crippen LogP contribution in [0.25, 0.3) is 22.5 Å². The van der Waals surface area contributed by atoms with Gasteiger partial charge in [-0.25, -0.2) is 0 Å². The first-order valence-corrected chi connectivity index (χ1v) is 9.33. The molecule has 2 N–H and O–H groups in total. The largest absolute Gasteiger partial charge is 0.416 e. The summed E-state index contributed by atoms with van der Waals surface area (Å²) in [6, 6.07) is 14.2. The van der Waals surface area contributed by atoms with Crippen LogP contribution in [0.3, 0.4) is 0 Å². The lowest BCUT2D eigenvalue weighted by atomic mass is 10.1. The smallest absolute Gasteiger partial charge is 0.355 e. The number of benzene rings is 2. The number of H-pyrrole nitrogens is 1. The molecule has 0 saturated heterocycles. The van der Waals surface area contributed by atoms with Crippen LogP contribution in [0.4, 0.5) is 13.2 Å². The van der Waals surface area contributed by atoms with Crippen LogP contribution in [-0.4, -0.2) is 24.2 Å². The number of rotatable bonds is 4. The van der Waals surface area contributed by atoms with Gasteiger partial charge >= 0.3 is 6.18 Å². The van der Waals surface area contributed by atoms with E-state index in [1.807, 2.05) is 30.5 Å². The Bertz CT molecular complexity index is 962. The number of halogens is 3. The average Bonchev–Trinajstić information content (AvgIpc) is 3.12. The van der Waals surface area contributed by atoms with Crippen LogP contribution in [0.5, 0.6) is 0 Å². The standard InChI is InChI=1S/C20H17F3N2OS/c1-24-19(26)16-11-17(12-6-8-14(9-7-12)20(21,22)23)25-18(16)13-4-3-5-15(10-13)27-2/h3-11,25H,1-2H3,(H,24,26). The third kappa shape index (κ3) is 4.03. The Balaban J connectivity index is 2.08. The topological polar surface area (TPSA) is 44.9 Å². The Morgan fingerprint density at radius 3 is 2.33 bits per heavy atom. The van der Waals surface area contributed by atoms with Gasteiger partial charge in [-0.1, -0.05) is 24.3 Å². The molecule has 1 aromatic heterocycles. The van der Waals surface area contributed by atoms with Crippen molar-refractivity contribution < 1.29 is 18.0 Å². The van der Waals surface area contributed by atoms with Crippen LogP contribution in [0.1, 0.15) is 15.9 Å². The van der Waals surface area contributed by atoms with E-state index in [2.05, 4.69) is 10.3 Å². The summed E-state index contributed by atoms with van der Waals surface area (Å²) in [6.07, 6.45) is -2.42. The first-order chi connectivity index (χ1) is 12.8. The van der Waals surface area contributed by atoms with Gasteiger partial charge in [0.1, 0.15) is 0 Å². The molecule has 0 aliphatic rings. The van der Waals surface area contributed by atoms with E-state index in [4.69, 9.17) is 0 Å². The highest BCUT2D eigenvalue weighted by molar-refractivity contribution is 7.98. The molecule has 7 heteroatoms. The van der Waals surface area contributed by atoms with Crippen molar-refractivity contribution in [1.29, 1.82) is 0 Å². The summed E-state index contributed by atoms with van der Waals surface area (Å²) in [5.74, 6) is -0.269. The summed E-state index contributed by atoms with van der Waals surface area (Å²) in [5.41, 5.74) is 2.33. The Morgan fingerprint density at radius 2 is 1.74 bits per heavy atom. The summed E-state index contributed by atoms with van der Waals surface area (Å²) in [6.45, 7) is 0. The molecule has 0 fully saturated rings. The summed E-state index contributed by atoms with van der Waals surface area (Å²) in [5, 5.41) is 2.60. The molecule has 1 amide bonds. The predicted octanol–water partition coefficient (Wildman–Crippen LogP) is 5.45. The Kier molecular flexibility index (Phi) is 5.32. The highest BCUT2D eigenvalue weighted by Crippen LogP contribution is 2.33. The second kappa shape index (κ2) is 7.52. The Morgan fingerprint density at radius 1 is 1.04 bits per heavy atom. The maximum atomic E-state index is 12.8. The number of carbonyl (C=O) groups is 1. The van der Waals surface area contributed by atoms with E-state index >= 15 is 0 Å². The molecule has 0 spiro atoms. The maximum absolute atomic E-state index is 12.8. The zero-order valence-corrected chi connectivity index (χ0v) is 15.5. The van der Waals surface area contributed by atoms with E-state index in [0.717, 1.165) is 22.6 Å². The van der Waals surface area contributed by atoms with Crippen LogP contribution in [0, 0.1) is 0 Å². The fourth-order valence-electron chi connectivity index (χ4n) is 2.77. The lowest BCUT2D eigenvalue weighted by molar-refractivity contribution is -0.137. The summed E-state index contributed by atoms with van der Waals surface area (Å²) < 4.78 is 38.3. The summed E-state index contributed by atoms with van der Waals surface area (Å²) in [4.78, 5) is 16.5. The Labute approximate surface area is 159 Å². The first-order valence-electron chi connectivity index (χ1n) is 8.10. The lowest BCUT2D eigenvalue weighted by Gasteiger charge is -2.07. The number of carbonyl (C=O) groups excluding carboxylic acids is 1. The molecular weight excluding hydrogens is 373 g/mol. The van der Waals surface area contributed by atoms with E-state index in [0.29, 0.717) is 22.5 Å². The number of amides is 1. The quantitative estimate of drug-likeness (QED) is 0.582. The van der Waals surface area contributed by atoms with Crippen molar-refractivity contribution in [2.75, 3.05) is 13.3 Å². The molecule has 0 aliphatic carbocycles. The van der Waals surface area contributed by atoms with Crippen LogP contribution in [0.2, 0.25) is 0 Å². The molecule has 1 heterocycles. The van der Waals surface area contributed by atoms with Crippen LogP contribution in [-0.2, 0) is 6.18 Å². The predicted molar refractivity (Wildman–Crippen MR) is 102 cm³/mol. The van der Waals surface area contributed by atoms with Gasteiger partial charge < -0.3 is 10.3 Å². The minimum Gasteiger partial charge on any atom is -0.355 e. The molecule has 0 aliphatic heterocycles. The van der Waals surface area contributed by atoms with Crippen molar-refractivity contribution in [3.63, 3.8) is 0 Å². The number of hydrogen-bond donors (Lipinski definition) is 2. The molecule has 27 heavy (non-hydrogen) atoms. The Hall–Kier alpha value is -2.67. The maximum Gasteiger partial charge on any atom is 0.416 e. The molecule has 2 aromatic carbocycles. The van der Waals surface area contributed by atoms with E-state index in [1.54, 1.807) is 17.8 Å². The number of alkyl halides is 3. The van der Waals surface area contributed by atoms with Gasteiger partial charge in [-0.3, -0.25) is 4.79 Å². The molecule has 0 atom stereocenters. The fourth-order valence-corrected chi connectivity index (χ4v) is 3.23. The van der Waals surface area contributed by atoms with E-state index in [1.165, 1.54) is 19.2 Å². The van der Waals surface area contributed by atoms with E-state index in [9.17, 15) is 18.0 Å². The third-order valence-corrected chi connectivity index (χ3v) is 4.90. The van der Waals surface area contributed by atoms with Gasteiger partial charge in [-0.15, -0.1) is 11.8 Å². The molecule has 3 rings (SSSR count). The van der Waals surface area contributed by atoms with Crippen LogP contribution in [0.15, 0.2) is 59.5 Å². The molecule has 3 nitrogen and oxygen atoms in total. The molecule has 0 radical (unpaired) electrons. The monoisotopic (exact) mass is 390 g/mol. The molecular formula is C20H17F3N2OS. The van der Waals surface area contributed by atoms with Gasteiger partial charge in [0, 0.05) is 17.6 Å². The second-order valence-electron chi connectivity index (χ2n) is 5.86. The SMILES string of the molecule is CNC(=O)c1cc(-c2ccc(C(F)(F)F)cc2)[nH]c1-c1cccc(SC)c1. The van der Waals surface area contributed by atoms with Crippen molar-refractivity contribution in [2.24, 2.45) is 0 Å². The minimum absolute atomic E-state index is 0.269. The van der Waals surface area contributed by atoms with Crippen molar-refractivity contribution >= 4 is 17.7 Å². The van der Waals surface area contributed by atoms with Crippen molar-refractivity contribution in [2.45, 2.75) is 11.1 Å². The third-order valence-electron chi connectivity index (χ3n) is 4.17. The van der Waals surface area contributed by atoms with Crippen LogP contribution < -0.4 is 5.32 Å². The second-order valence-corrected chi connectivity index (χ2v) is 6.74. The highest BCUT2D eigenvalue weighted by Gasteiger charge is 2.30. The van der Waals surface area contributed by atoms with Gasteiger partial charge in [-0.2, -0.15) is 13.2 Å². The van der Waals surface area contributed by atoms with Gasteiger partial charge in [0.25, 0.3) is 5.91 Å². The molecule has 0 bridgehead atoms. The van der Waals surface area contributed by atoms with Gasteiger partial charge in [-0.05, 0) is 47.7 Å². The van der Waals surface area contributed by atoms with Crippen molar-refractivity contribution in [3.8, 4) is 22.5 Å². The number of nitrogens with one attached hydrogen (secondary N) is 2. The number of aromatic amines is 1. The first kappa shape index (κ1) is 19.1. The zero-order valence-electron chi connectivity index (χ0n) is 14.6. The number of hydrogen-bond acceptors (Lipinski definition) is 2. The van der Waals surface area contributed by atoms with Crippen molar-refractivity contribution in [1.82, 2.24) is 10.3 Å². The van der Waals surface area contributed by atoms with E-state index in [-0.39, 0.29) is 5.91 Å².